The number of imidazole rings is 1. The van der Waals surface area contributed by atoms with Gasteiger partial charge in [0.15, 0.2) is 6.04 Å². The fourth-order valence-corrected chi connectivity index (χ4v) is 4.09. The normalized spacial score (nSPS) is 16.2. The molecule has 2 aromatic carbocycles. The second kappa shape index (κ2) is 7.75. The largest absolute Gasteiger partial charge is 0.360 e. The summed E-state index contributed by atoms with van der Waals surface area (Å²) in [5, 5.41) is 2.99. The highest BCUT2D eigenvalue weighted by molar-refractivity contribution is 5.95. The van der Waals surface area contributed by atoms with Crippen molar-refractivity contribution in [2.24, 2.45) is 0 Å². The molecule has 29 heavy (non-hydrogen) atoms. The molecule has 0 radical (unpaired) electrons. The number of quaternary nitrogens is 1. The Labute approximate surface area is 169 Å². The Morgan fingerprint density at radius 2 is 1.83 bits per heavy atom. The van der Waals surface area contributed by atoms with Crippen molar-refractivity contribution >= 4 is 28.3 Å². The molecule has 4 rings (SSSR count). The Bertz CT molecular complexity index is 1090. The highest BCUT2D eigenvalue weighted by Gasteiger charge is 2.29. The molecule has 7 heteroatoms. The van der Waals surface area contributed by atoms with Gasteiger partial charge in [-0.05, 0) is 56.2 Å². The van der Waals surface area contributed by atoms with Crippen LogP contribution < -0.4 is 20.8 Å². The van der Waals surface area contributed by atoms with Gasteiger partial charge in [-0.3, -0.25) is 4.79 Å². The molecular weight excluding hydrogens is 366 g/mol. The maximum absolute atomic E-state index is 12.8. The first-order valence-corrected chi connectivity index (χ1v) is 10.1. The van der Waals surface area contributed by atoms with Gasteiger partial charge in [-0.2, -0.15) is 0 Å². The molecular formula is C22H28N5O2+. The molecule has 1 aliphatic rings. The van der Waals surface area contributed by atoms with E-state index in [-0.39, 0.29) is 17.6 Å². The van der Waals surface area contributed by atoms with Crippen molar-refractivity contribution in [3.05, 3.63) is 58.0 Å². The molecule has 1 aliphatic heterocycles. The van der Waals surface area contributed by atoms with Crippen LogP contribution in [0.5, 0.6) is 0 Å². The van der Waals surface area contributed by atoms with Gasteiger partial charge in [-0.1, -0.05) is 12.1 Å². The highest BCUT2D eigenvalue weighted by Crippen LogP contribution is 2.22. The molecule has 1 fully saturated rings. The Kier molecular flexibility index (Phi) is 5.15. The van der Waals surface area contributed by atoms with Gasteiger partial charge < -0.3 is 25.1 Å². The molecule has 0 unspecified atom stereocenters. The molecule has 152 valence electrons. The number of anilines is 2. The van der Waals surface area contributed by atoms with Crippen molar-refractivity contribution in [3.63, 3.8) is 0 Å². The number of nitrogens with one attached hydrogen (secondary N) is 4. The topological polar surface area (TPSA) is 85.4 Å². The van der Waals surface area contributed by atoms with E-state index in [4.69, 9.17) is 0 Å². The summed E-state index contributed by atoms with van der Waals surface area (Å²) in [5.41, 5.74) is 5.81. The molecule has 7 nitrogen and oxygen atoms in total. The van der Waals surface area contributed by atoms with Crippen LogP contribution in [0.25, 0.3) is 11.0 Å². The fourth-order valence-electron chi connectivity index (χ4n) is 4.09. The number of carbonyl (C=O) groups is 1. The van der Waals surface area contributed by atoms with E-state index in [9.17, 15) is 9.59 Å². The molecule has 1 atom stereocenters. The summed E-state index contributed by atoms with van der Waals surface area (Å²) in [7, 11) is 0. The molecule has 2 heterocycles. The predicted molar refractivity (Wildman–Crippen MR) is 116 cm³/mol. The van der Waals surface area contributed by atoms with Gasteiger partial charge in [0.1, 0.15) is 0 Å². The number of aryl methyl sites for hydroxylation is 1. The first kappa shape index (κ1) is 19.3. The van der Waals surface area contributed by atoms with E-state index in [1.54, 1.807) is 12.1 Å². The number of hydrogen-bond acceptors (Lipinski definition) is 3. The van der Waals surface area contributed by atoms with Gasteiger partial charge in [0.2, 0.25) is 0 Å². The molecule has 0 aliphatic carbocycles. The van der Waals surface area contributed by atoms with E-state index in [1.165, 1.54) is 21.7 Å². The zero-order valence-corrected chi connectivity index (χ0v) is 17.1. The first-order valence-electron chi connectivity index (χ1n) is 10.1. The van der Waals surface area contributed by atoms with Crippen molar-refractivity contribution in [2.75, 3.05) is 36.4 Å². The number of amides is 1. The standard InChI is InChI=1S/C22H27N5O2/c1-14-5-4-6-20(15(14)2)27-11-9-26(10-12-27)16(3)21(28)23-17-7-8-18-19(13-17)25-22(29)24-18/h4-8,13,16H,9-12H2,1-3H3,(H,23,28)(H2,24,25,29)/p+1/t16-/m1/s1. The smallest absolute Gasteiger partial charge is 0.323 e. The van der Waals surface area contributed by atoms with Crippen LogP contribution in [-0.2, 0) is 4.79 Å². The van der Waals surface area contributed by atoms with Crippen LogP contribution in [-0.4, -0.2) is 48.1 Å². The van der Waals surface area contributed by atoms with Crippen molar-refractivity contribution in [3.8, 4) is 0 Å². The Hall–Kier alpha value is -3.06. The lowest BCUT2D eigenvalue weighted by Gasteiger charge is -2.36. The molecule has 1 amide bonds. The van der Waals surface area contributed by atoms with Gasteiger partial charge in [-0.15, -0.1) is 0 Å². The summed E-state index contributed by atoms with van der Waals surface area (Å²) >= 11 is 0. The number of piperazine rings is 1. The Morgan fingerprint density at radius 1 is 1.10 bits per heavy atom. The summed E-state index contributed by atoms with van der Waals surface area (Å²) in [6, 6.07) is 11.7. The maximum atomic E-state index is 12.8. The minimum atomic E-state index is -0.247. The molecule has 1 aromatic heterocycles. The summed E-state index contributed by atoms with van der Waals surface area (Å²) in [6.07, 6.45) is 0. The number of aromatic amines is 2. The van der Waals surface area contributed by atoms with Gasteiger partial charge in [0, 0.05) is 11.4 Å². The lowest BCUT2D eigenvalue weighted by Crippen LogP contribution is -3.19. The van der Waals surface area contributed by atoms with Crippen LogP contribution in [0, 0.1) is 13.8 Å². The van der Waals surface area contributed by atoms with Gasteiger partial charge >= 0.3 is 5.69 Å². The Morgan fingerprint density at radius 3 is 2.59 bits per heavy atom. The van der Waals surface area contributed by atoms with Crippen molar-refractivity contribution in [1.29, 1.82) is 0 Å². The number of nitrogens with zero attached hydrogens (tertiary/aromatic N) is 1. The first-order chi connectivity index (χ1) is 13.9. The minimum absolute atomic E-state index is 0.00239. The van der Waals surface area contributed by atoms with Crippen LogP contribution in [0.4, 0.5) is 11.4 Å². The summed E-state index contributed by atoms with van der Waals surface area (Å²) in [5.74, 6) is -0.00239. The lowest BCUT2D eigenvalue weighted by molar-refractivity contribution is -0.914. The van der Waals surface area contributed by atoms with Crippen LogP contribution in [0.3, 0.4) is 0 Å². The number of aromatic nitrogens is 2. The second-order valence-electron chi connectivity index (χ2n) is 7.91. The molecule has 0 saturated carbocycles. The van der Waals surface area contributed by atoms with E-state index in [0.29, 0.717) is 11.2 Å². The number of H-pyrrole nitrogens is 2. The summed E-state index contributed by atoms with van der Waals surface area (Å²) in [4.78, 5) is 33.3. The predicted octanol–water partition coefficient (Wildman–Crippen LogP) is 1.21. The van der Waals surface area contributed by atoms with Crippen LogP contribution >= 0.6 is 0 Å². The molecule has 0 bridgehead atoms. The Balaban J connectivity index is 1.38. The van der Waals surface area contributed by atoms with Gasteiger partial charge in [0.05, 0.1) is 37.2 Å². The lowest BCUT2D eigenvalue weighted by atomic mass is 10.1. The van der Waals surface area contributed by atoms with E-state index >= 15 is 0 Å². The number of carbonyl (C=O) groups excluding carboxylic acids is 1. The average molecular weight is 394 g/mol. The van der Waals surface area contributed by atoms with Crippen molar-refractivity contribution < 1.29 is 9.69 Å². The monoisotopic (exact) mass is 394 g/mol. The number of fused-ring (bicyclic) bond motifs is 1. The molecule has 1 saturated heterocycles. The fraction of sp³-hybridized carbons (Fsp3) is 0.364. The van der Waals surface area contributed by atoms with Crippen molar-refractivity contribution in [1.82, 2.24) is 9.97 Å². The maximum Gasteiger partial charge on any atom is 0.323 e. The van der Waals surface area contributed by atoms with Crippen molar-refractivity contribution in [2.45, 2.75) is 26.8 Å². The third-order valence-corrected chi connectivity index (χ3v) is 6.11. The molecule has 4 N–H and O–H groups in total. The van der Waals surface area contributed by atoms with Crippen LogP contribution in [0.1, 0.15) is 18.1 Å². The summed E-state index contributed by atoms with van der Waals surface area (Å²) in [6.45, 7) is 10.0. The third kappa shape index (κ3) is 3.91. The van der Waals surface area contributed by atoms with Crippen LogP contribution in [0.2, 0.25) is 0 Å². The number of benzene rings is 2. The molecule has 3 aromatic rings. The molecule has 0 spiro atoms. The number of hydrogen-bond donors (Lipinski definition) is 4. The zero-order chi connectivity index (χ0) is 20.5. The van der Waals surface area contributed by atoms with E-state index < -0.39 is 0 Å². The second-order valence-corrected chi connectivity index (χ2v) is 7.91. The van der Waals surface area contributed by atoms with Gasteiger partial charge in [-0.25, -0.2) is 4.79 Å². The van der Waals surface area contributed by atoms with E-state index in [0.717, 1.165) is 31.7 Å². The third-order valence-electron chi connectivity index (χ3n) is 6.11. The zero-order valence-electron chi connectivity index (χ0n) is 17.1. The minimum Gasteiger partial charge on any atom is -0.360 e. The highest BCUT2D eigenvalue weighted by atomic mass is 16.2. The van der Waals surface area contributed by atoms with Gasteiger partial charge in [0.25, 0.3) is 5.91 Å². The van der Waals surface area contributed by atoms with Crippen LogP contribution in [0.15, 0.2) is 41.2 Å². The van der Waals surface area contributed by atoms with E-state index in [1.807, 2.05) is 13.0 Å². The summed E-state index contributed by atoms with van der Waals surface area (Å²) < 4.78 is 0. The quantitative estimate of drug-likeness (QED) is 0.537. The number of rotatable bonds is 4. The SMILES string of the molecule is Cc1cccc(N2CC[NH+]([C@H](C)C(=O)Nc3ccc4[nH]c(=O)[nH]c4c3)CC2)c1C. The van der Waals surface area contributed by atoms with E-state index in [2.05, 4.69) is 52.2 Å². The average Bonchev–Trinajstić information content (AvgIpc) is 3.09.